The van der Waals surface area contributed by atoms with Gasteiger partial charge in [0.15, 0.2) is 11.3 Å². The molecule has 3 aromatic heterocycles. The summed E-state index contributed by atoms with van der Waals surface area (Å²) in [6, 6.07) is 45.7. The molecule has 9 rings (SSSR count). The van der Waals surface area contributed by atoms with Gasteiger partial charge in [0.25, 0.3) is 11.8 Å². The minimum Gasteiger partial charge on any atom is -0.449 e. The second-order valence-electron chi connectivity index (χ2n) is 14.6. The second kappa shape index (κ2) is 19.0. The molecule has 320 valence electrons. The summed E-state index contributed by atoms with van der Waals surface area (Å²) in [5, 5.41) is 6.46. The predicted molar refractivity (Wildman–Crippen MR) is 247 cm³/mol. The molecule has 0 fully saturated rings. The number of sulfone groups is 2. The molecule has 0 aliphatic rings. The fraction of sp³-hybridized carbons (Fsp3) is 0.0800. The third-order valence-electron chi connectivity index (χ3n) is 10.4. The number of hydrogen-bond donors (Lipinski definition) is 2. The van der Waals surface area contributed by atoms with Gasteiger partial charge in [-0.25, -0.2) is 21.8 Å². The lowest BCUT2D eigenvalue weighted by Crippen LogP contribution is -2.22. The first kappa shape index (κ1) is 43.4. The highest BCUT2D eigenvalue weighted by Crippen LogP contribution is 2.27. The van der Waals surface area contributed by atoms with Crippen molar-refractivity contribution in [1.29, 1.82) is 0 Å². The fourth-order valence-electron chi connectivity index (χ4n) is 6.90. The largest absolute Gasteiger partial charge is 0.449 e. The third-order valence-corrected chi connectivity index (χ3v) is 14.9. The zero-order valence-electron chi connectivity index (χ0n) is 34.3. The summed E-state index contributed by atoms with van der Waals surface area (Å²) in [5.41, 5.74) is 8.10. The highest BCUT2D eigenvalue weighted by atomic mass is 32.2. The summed E-state index contributed by atoms with van der Waals surface area (Å²) in [6.07, 6.45) is 3.83. The van der Waals surface area contributed by atoms with E-state index >= 15 is 0 Å². The molecule has 2 amide bonds. The number of rotatable bonds is 12. The van der Waals surface area contributed by atoms with Crippen LogP contribution in [0, 0.1) is 0 Å². The van der Waals surface area contributed by atoms with Gasteiger partial charge in [0.05, 0.1) is 41.5 Å². The van der Waals surface area contributed by atoms with Crippen LogP contribution in [0.2, 0.25) is 0 Å². The first-order valence-electron chi connectivity index (χ1n) is 20.1. The maximum absolute atomic E-state index is 13.1. The molecular weight excluding hydrogens is 865 g/mol. The first-order valence-corrected chi connectivity index (χ1v) is 24.0. The Labute approximate surface area is 374 Å². The average Bonchev–Trinajstić information content (AvgIpc) is 4.01. The van der Waals surface area contributed by atoms with Crippen LogP contribution in [0.25, 0.3) is 32.3 Å². The number of fused-ring (bicyclic) bond motifs is 2. The number of aryl methyl sites for hydroxylation is 1. The Balaban J connectivity index is 0.000000176. The molecule has 14 heteroatoms. The van der Waals surface area contributed by atoms with Gasteiger partial charge in [0, 0.05) is 30.2 Å². The molecule has 0 radical (unpaired) electrons. The summed E-state index contributed by atoms with van der Waals surface area (Å²) in [7, 11) is -7.23. The standard InChI is InChI=1S/C27H20N2O3S2.C23H20N2O4S/c30-27(22-10-15-25-26(16-22)33-18-29-25)28-17-19-6-11-23(12-7-19)34(31,32)24-13-8-21(9-14-24)20-4-2-1-3-5-20;1-2-17-5-3-4-6-22(17)30(27,28)19-9-7-16(8-10-19)14-25-23(26)20-13-18-11-12-24-15-21(18)29-20/h1-16,18H,17H2,(H,28,30);3-13,15H,2,14H2,1H3,(H,25,26). The molecule has 0 atom stereocenters. The average molecular weight is 905 g/mol. The van der Waals surface area contributed by atoms with E-state index in [1.54, 1.807) is 109 Å². The SMILES string of the molecule is CCc1ccccc1S(=O)(=O)c1ccc(CNC(=O)c2cc3ccncc3o2)cc1.O=C(NCc1ccc(S(=O)(=O)c2ccc(-c3ccccc3)cc2)cc1)c1ccc2ncsc2c1. The number of benzene rings is 6. The van der Waals surface area contributed by atoms with Crippen LogP contribution < -0.4 is 10.6 Å². The molecule has 9 aromatic rings. The van der Waals surface area contributed by atoms with Gasteiger partial charge in [0.2, 0.25) is 19.7 Å². The second-order valence-corrected chi connectivity index (χ2v) is 19.3. The number of carbonyl (C=O) groups excluding carboxylic acids is 2. The highest BCUT2D eigenvalue weighted by molar-refractivity contribution is 7.91. The zero-order valence-corrected chi connectivity index (χ0v) is 36.8. The maximum Gasteiger partial charge on any atom is 0.287 e. The van der Waals surface area contributed by atoms with Gasteiger partial charge >= 0.3 is 0 Å². The van der Waals surface area contributed by atoms with Crippen molar-refractivity contribution >= 4 is 64.0 Å². The lowest BCUT2D eigenvalue weighted by atomic mass is 10.1. The summed E-state index contributed by atoms with van der Waals surface area (Å²) >= 11 is 1.49. The van der Waals surface area contributed by atoms with E-state index in [2.05, 4.69) is 20.6 Å². The van der Waals surface area contributed by atoms with E-state index in [-0.39, 0.29) is 38.8 Å². The molecule has 0 saturated carbocycles. The maximum atomic E-state index is 13.1. The minimum absolute atomic E-state index is 0.189. The third kappa shape index (κ3) is 9.69. The number of nitrogens with one attached hydrogen (secondary N) is 2. The van der Waals surface area contributed by atoms with Gasteiger partial charge < -0.3 is 15.1 Å². The summed E-state index contributed by atoms with van der Waals surface area (Å²) < 4.78 is 58.5. The molecule has 6 aromatic carbocycles. The van der Waals surface area contributed by atoms with Gasteiger partial charge in [-0.15, -0.1) is 11.3 Å². The van der Waals surface area contributed by atoms with Crippen LogP contribution in [0.1, 0.15) is 44.5 Å². The molecule has 3 heterocycles. The Morgan fingerprint density at radius 3 is 1.88 bits per heavy atom. The highest BCUT2D eigenvalue weighted by Gasteiger charge is 2.21. The molecule has 0 unspecified atom stereocenters. The van der Waals surface area contributed by atoms with Crippen molar-refractivity contribution in [1.82, 2.24) is 20.6 Å². The predicted octanol–water partition coefficient (Wildman–Crippen LogP) is 9.88. The van der Waals surface area contributed by atoms with Crippen LogP contribution in [-0.2, 0) is 39.2 Å². The molecule has 0 saturated heterocycles. The van der Waals surface area contributed by atoms with E-state index in [1.165, 1.54) is 11.3 Å². The van der Waals surface area contributed by atoms with Crippen LogP contribution in [0.5, 0.6) is 0 Å². The van der Waals surface area contributed by atoms with Crippen LogP contribution >= 0.6 is 11.3 Å². The molecule has 0 bridgehead atoms. The van der Waals surface area contributed by atoms with Crippen molar-refractivity contribution in [3.05, 3.63) is 204 Å². The zero-order chi connectivity index (χ0) is 44.7. The Morgan fingerprint density at radius 2 is 1.22 bits per heavy atom. The van der Waals surface area contributed by atoms with Crippen LogP contribution in [-0.4, -0.2) is 38.6 Å². The van der Waals surface area contributed by atoms with E-state index in [4.69, 9.17) is 4.42 Å². The van der Waals surface area contributed by atoms with Gasteiger partial charge in [-0.1, -0.05) is 91.9 Å². The summed E-state index contributed by atoms with van der Waals surface area (Å²) in [6.45, 7) is 2.48. The van der Waals surface area contributed by atoms with Gasteiger partial charge in [-0.05, 0) is 107 Å². The minimum atomic E-state index is -3.64. The van der Waals surface area contributed by atoms with Crippen molar-refractivity contribution in [2.24, 2.45) is 0 Å². The Kier molecular flexibility index (Phi) is 12.9. The smallest absolute Gasteiger partial charge is 0.287 e. The van der Waals surface area contributed by atoms with Gasteiger partial charge in [0.1, 0.15) is 0 Å². The number of hydrogen-bond acceptors (Lipinski definition) is 10. The number of furan rings is 1. The van der Waals surface area contributed by atoms with Crippen LogP contribution in [0.15, 0.2) is 200 Å². The fourth-order valence-corrected chi connectivity index (χ4v) is 10.4. The molecule has 0 aliphatic heterocycles. The van der Waals surface area contributed by atoms with Gasteiger partial charge in [-0.2, -0.15) is 0 Å². The molecule has 0 spiro atoms. The lowest BCUT2D eigenvalue weighted by molar-refractivity contribution is 0.0923. The van der Waals surface area contributed by atoms with E-state index in [0.717, 1.165) is 43.4 Å². The van der Waals surface area contributed by atoms with Crippen molar-refractivity contribution in [3.63, 3.8) is 0 Å². The van der Waals surface area contributed by atoms with E-state index < -0.39 is 19.7 Å². The number of carbonyl (C=O) groups is 2. The summed E-state index contributed by atoms with van der Waals surface area (Å²) in [4.78, 5) is 34.0. The van der Waals surface area contributed by atoms with Crippen LogP contribution in [0.3, 0.4) is 0 Å². The van der Waals surface area contributed by atoms with Crippen molar-refractivity contribution < 1.29 is 30.8 Å². The van der Waals surface area contributed by atoms with E-state index in [1.807, 2.05) is 73.7 Å². The Morgan fingerprint density at radius 1 is 0.625 bits per heavy atom. The quantitative estimate of drug-likeness (QED) is 0.121. The van der Waals surface area contributed by atoms with Crippen molar-refractivity contribution in [2.75, 3.05) is 0 Å². The Bertz CT molecular complexity index is 3280. The number of amides is 2. The first-order chi connectivity index (χ1) is 31.0. The molecule has 2 N–H and O–H groups in total. The molecular formula is C50H40N4O7S3. The normalized spacial score (nSPS) is 11.5. The van der Waals surface area contributed by atoms with Gasteiger partial charge in [-0.3, -0.25) is 14.6 Å². The lowest BCUT2D eigenvalue weighted by Gasteiger charge is -2.10. The summed E-state index contributed by atoms with van der Waals surface area (Å²) in [5.74, 6) is -0.335. The number of thiazole rings is 1. The van der Waals surface area contributed by atoms with Crippen molar-refractivity contribution in [3.8, 4) is 11.1 Å². The monoisotopic (exact) mass is 904 g/mol. The number of nitrogens with zero attached hydrogens (tertiary/aromatic N) is 2. The number of aromatic nitrogens is 2. The van der Waals surface area contributed by atoms with Crippen molar-refractivity contribution in [2.45, 2.75) is 46.0 Å². The van der Waals surface area contributed by atoms with E-state index in [9.17, 15) is 26.4 Å². The van der Waals surface area contributed by atoms with E-state index in [0.29, 0.717) is 29.0 Å². The van der Waals surface area contributed by atoms with Crippen LogP contribution in [0.4, 0.5) is 0 Å². The molecule has 0 aliphatic carbocycles. The molecule has 64 heavy (non-hydrogen) atoms. The number of pyridine rings is 1. The molecule has 11 nitrogen and oxygen atoms in total. The topological polar surface area (TPSA) is 165 Å². The Hall–Kier alpha value is -7.26.